The predicted molar refractivity (Wildman–Crippen MR) is 86.4 cm³/mol. The van der Waals surface area contributed by atoms with Crippen molar-refractivity contribution in [2.24, 2.45) is 0 Å². The van der Waals surface area contributed by atoms with Crippen molar-refractivity contribution in [3.05, 3.63) is 88.9 Å². The molecule has 0 atom stereocenters. The summed E-state index contributed by atoms with van der Waals surface area (Å²) in [7, 11) is 0. The molecular weight excluding hydrogens is 291 g/mol. The number of ether oxygens (including phenoxy) is 1. The second-order valence-corrected chi connectivity index (χ2v) is 5.12. The molecule has 23 heavy (non-hydrogen) atoms. The van der Waals surface area contributed by atoms with E-state index in [1.165, 1.54) is 6.07 Å². The molecule has 0 saturated carbocycles. The lowest BCUT2D eigenvalue weighted by Crippen LogP contribution is -2.20. The maximum absolute atomic E-state index is 13.7. The van der Waals surface area contributed by atoms with Crippen LogP contribution in [0, 0.1) is 17.1 Å². The van der Waals surface area contributed by atoms with Gasteiger partial charge in [0.25, 0.3) is 0 Å². The van der Waals surface area contributed by atoms with Crippen molar-refractivity contribution in [3.63, 3.8) is 0 Å². The minimum Gasteiger partial charge on any atom is -0.491 e. The van der Waals surface area contributed by atoms with Gasteiger partial charge >= 0.3 is 0 Å². The van der Waals surface area contributed by atoms with Crippen molar-refractivity contribution >= 4 is 5.70 Å². The average molecular weight is 306 g/mol. The quantitative estimate of drug-likeness (QED) is 0.936. The third kappa shape index (κ3) is 3.41. The van der Waals surface area contributed by atoms with Gasteiger partial charge in [-0.25, -0.2) is 4.39 Å². The fraction of sp³-hybridized carbons (Fsp3) is 0.105. The highest BCUT2D eigenvalue weighted by atomic mass is 19.1. The van der Waals surface area contributed by atoms with Crippen molar-refractivity contribution in [1.82, 2.24) is 5.32 Å². The number of benzene rings is 2. The second-order valence-electron chi connectivity index (χ2n) is 5.12. The number of hydrogen-bond acceptors (Lipinski definition) is 3. The van der Waals surface area contributed by atoms with E-state index in [0.717, 1.165) is 11.3 Å². The van der Waals surface area contributed by atoms with Crippen LogP contribution in [0.5, 0.6) is 0 Å². The van der Waals surface area contributed by atoms with E-state index in [4.69, 9.17) is 10.00 Å². The zero-order valence-electron chi connectivity index (χ0n) is 12.4. The Morgan fingerprint density at radius 2 is 1.91 bits per heavy atom. The van der Waals surface area contributed by atoms with E-state index in [1.807, 2.05) is 42.5 Å². The van der Waals surface area contributed by atoms with E-state index in [0.29, 0.717) is 24.4 Å². The number of nitriles is 1. The van der Waals surface area contributed by atoms with Gasteiger partial charge in [0, 0.05) is 11.3 Å². The van der Waals surface area contributed by atoms with Gasteiger partial charge in [-0.15, -0.1) is 0 Å². The minimum absolute atomic E-state index is 0.0494. The molecule has 1 aliphatic heterocycles. The van der Waals surface area contributed by atoms with Crippen molar-refractivity contribution in [2.75, 3.05) is 6.54 Å². The molecule has 0 amide bonds. The maximum Gasteiger partial charge on any atom is 0.141 e. The Balaban J connectivity index is 1.74. The molecule has 1 heterocycles. The van der Waals surface area contributed by atoms with Gasteiger partial charge in [-0.3, -0.25) is 0 Å². The lowest BCUT2D eigenvalue weighted by molar-refractivity contribution is 0.193. The standard InChI is InChI=1S/C19H15FN2O/c20-18-8-4-7-16(17(18)11-21)19-10-9-15(12-22-19)23-13-14-5-2-1-3-6-14/h1-10,22H,12-13H2. The fourth-order valence-corrected chi connectivity index (χ4v) is 2.37. The smallest absolute Gasteiger partial charge is 0.141 e. The van der Waals surface area contributed by atoms with Crippen LogP contribution >= 0.6 is 0 Å². The lowest BCUT2D eigenvalue weighted by atomic mass is 10.0. The largest absolute Gasteiger partial charge is 0.491 e. The Hall–Kier alpha value is -3.06. The summed E-state index contributed by atoms with van der Waals surface area (Å²) in [5, 5.41) is 12.3. The lowest BCUT2D eigenvalue weighted by Gasteiger charge is -2.19. The van der Waals surface area contributed by atoms with Crippen LogP contribution in [0.3, 0.4) is 0 Å². The maximum atomic E-state index is 13.7. The molecule has 0 fully saturated rings. The molecular formula is C19H15FN2O. The molecule has 3 nitrogen and oxygen atoms in total. The van der Waals surface area contributed by atoms with Crippen LogP contribution in [-0.4, -0.2) is 6.54 Å². The number of dihydropyridines is 1. The minimum atomic E-state index is -0.511. The summed E-state index contributed by atoms with van der Waals surface area (Å²) in [6.07, 6.45) is 3.65. The van der Waals surface area contributed by atoms with Crippen LogP contribution in [0.15, 0.2) is 66.4 Å². The van der Waals surface area contributed by atoms with Crippen molar-refractivity contribution in [2.45, 2.75) is 6.61 Å². The van der Waals surface area contributed by atoms with Crippen molar-refractivity contribution < 1.29 is 9.13 Å². The molecule has 0 saturated heterocycles. The zero-order chi connectivity index (χ0) is 16.1. The number of nitrogens with one attached hydrogen (secondary N) is 1. The van der Waals surface area contributed by atoms with E-state index in [9.17, 15) is 4.39 Å². The molecule has 0 aliphatic carbocycles. The van der Waals surface area contributed by atoms with Gasteiger partial charge in [0.1, 0.15) is 24.3 Å². The van der Waals surface area contributed by atoms with E-state index >= 15 is 0 Å². The first-order valence-corrected chi connectivity index (χ1v) is 7.28. The predicted octanol–water partition coefficient (Wildman–Crippen LogP) is 3.74. The van der Waals surface area contributed by atoms with Crippen molar-refractivity contribution in [1.29, 1.82) is 5.26 Å². The molecule has 4 heteroatoms. The Kier molecular flexibility index (Phi) is 4.39. The third-order valence-corrected chi connectivity index (χ3v) is 3.57. The molecule has 2 aromatic rings. The summed E-state index contributed by atoms with van der Waals surface area (Å²) >= 11 is 0. The highest BCUT2D eigenvalue weighted by Gasteiger charge is 2.14. The first-order chi connectivity index (χ1) is 11.3. The van der Waals surface area contributed by atoms with E-state index < -0.39 is 5.82 Å². The normalized spacial score (nSPS) is 13.4. The van der Waals surface area contributed by atoms with Gasteiger partial charge in [0.05, 0.1) is 12.1 Å². The number of rotatable bonds is 4. The molecule has 3 rings (SSSR count). The Bertz CT molecular complexity index is 804. The van der Waals surface area contributed by atoms with Crippen LogP contribution in [-0.2, 0) is 11.3 Å². The van der Waals surface area contributed by atoms with Gasteiger partial charge in [-0.05, 0) is 23.8 Å². The van der Waals surface area contributed by atoms with Crippen LogP contribution in [0.1, 0.15) is 16.7 Å². The molecule has 0 aromatic heterocycles. The fourth-order valence-electron chi connectivity index (χ4n) is 2.37. The SMILES string of the molecule is N#Cc1c(F)cccc1C1=CC=C(OCc2ccccc2)CN1. The van der Waals surface area contributed by atoms with Crippen LogP contribution in [0.4, 0.5) is 4.39 Å². The number of hydrogen-bond donors (Lipinski definition) is 1. The van der Waals surface area contributed by atoms with E-state index in [2.05, 4.69) is 5.32 Å². The Morgan fingerprint density at radius 3 is 2.61 bits per heavy atom. The highest BCUT2D eigenvalue weighted by Crippen LogP contribution is 2.22. The second kappa shape index (κ2) is 6.80. The molecule has 0 radical (unpaired) electrons. The first-order valence-electron chi connectivity index (χ1n) is 7.28. The summed E-state index contributed by atoms with van der Waals surface area (Å²) in [5.74, 6) is 0.287. The first kappa shape index (κ1) is 14.9. The van der Waals surface area contributed by atoms with Gasteiger partial charge in [0.15, 0.2) is 0 Å². The molecule has 0 unspecified atom stereocenters. The van der Waals surface area contributed by atoms with Crippen LogP contribution in [0.2, 0.25) is 0 Å². The molecule has 1 N–H and O–H groups in total. The van der Waals surface area contributed by atoms with Gasteiger partial charge < -0.3 is 10.1 Å². The summed E-state index contributed by atoms with van der Waals surface area (Å²) in [6.45, 7) is 1.00. The van der Waals surface area contributed by atoms with Crippen LogP contribution < -0.4 is 5.32 Å². The Morgan fingerprint density at radius 1 is 1.09 bits per heavy atom. The molecule has 0 bridgehead atoms. The number of nitrogens with zero attached hydrogens (tertiary/aromatic N) is 1. The third-order valence-electron chi connectivity index (χ3n) is 3.57. The topological polar surface area (TPSA) is 45.0 Å². The Labute approximate surface area is 134 Å². The van der Waals surface area contributed by atoms with Gasteiger partial charge in [0.2, 0.25) is 0 Å². The highest BCUT2D eigenvalue weighted by molar-refractivity contribution is 5.71. The number of halogens is 1. The summed E-state index contributed by atoms with van der Waals surface area (Å²) in [5.41, 5.74) is 2.42. The van der Waals surface area contributed by atoms with Crippen molar-refractivity contribution in [3.8, 4) is 6.07 Å². The molecule has 1 aliphatic rings. The molecule has 0 spiro atoms. The monoisotopic (exact) mass is 306 g/mol. The molecule has 114 valence electrons. The van der Waals surface area contributed by atoms with Crippen LogP contribution in [0.25, 0.3) is 5.70 Å². The summed E-state index contributed by atoms with van der Waals surface area (Å²) in [4.78, 5) is 0. The summed E-state index contributed by atoms with van der Waals surface area (Å²) in [6, 6.07) is 16.4. The van der Waals surface area contributed by atoms with E-state index in [-0.39, 0.29) is 5.56 Å². The average Bonchev–Trinajstić information content (AvgIpc) is 2.61. The summed E-state index contributed by atoms with van der Waals surface area (Å²) < 4.78 is 19.4. The zero-order valence-corrected chi connectivity index (χ0v) is 12.4. The number of allylic oxidation sites excluding steroid dienone is 2. The van der Waals surface area contributed by atoms with Gasteiger partial charge in [-0.1, -0.05) is 42.5 Å². The van der Waals surface area contributed by atoms with E-state index in [1.54, 1.807) is 18.2 Å². The molecule has 2 aromatic carbocycles. The van der Waals surface area contributed by atoms with Gasteiger partial charge in [-0.2, -0.15) is 5.26 Å².